The number of nitrogens with one attached hydrogen (secondary N) is 1. The quantitative estimate of drug-likeness (QED) is 0.905. The molecule has 0 fully saturated rings. The largest absolute Gasteiger partial charge is 0.478 e. The van der Waals surface area contributed by atoms with Crippen molar-refractivity contribution in [1.29, 1.82) is 0 Å². The molecule has 21 heavy (non-hydrogen) atoms. The average molecular weight is 286 g/mol. The molecular formula is C16H18N2O3. The maximum Gasteiger partial charge on any atom is 0.337 e. The van der Waals surface area contributed by atoms with Crippen LogP contribution in [0.2, 0.25) is 0 Å². The van der Waals surface area contributed by atoms with Crippen LogP contribution < -0.4 is 5.32 Å². The van der Waals surface area contributed by atoms with Gasteiger partial charge >= 0.3 is 5.97 Å². The van der Waals surface area contributed by atoms with Crippen LogP contribution in [0.15, 0.2) is 36.5 Å². The highest BCUT2D eigenvalue weighted by Gasteiger charge is 2.16. The van der Waals surface area contributed by atoms with Crippen LogP contribution in [0.4, 0.5) is 5.69 Å². The molecule has 0 unspecified atom stereocenters. The first-order chi connectivity index (χ1) is 9.90. The zero-order valence-corrected chi connectivity index (χ0v) is 12.3. The van der Waals surface area contributed by atoms with Crippen molar-refractivity contribution >= 4 is 17.6 Å². The molecule has 0 atom stereocenters. The molecule has 0 aliphatic rings. The minimum absolute atomic E-state index is 0.0889. The minimum atomic E-state index is -1.06. The Morgan fingerprint density at radius 3 is 2.57 bits per heavy atom. The molecule has 2 N–H and O–H groups in total. The number of carboxylic acids is 1. The zero-order valence-electron chi connectivity index (χ0n) is 12.3. The highest BCUT2D eigenvalue weighted by atomic mass is 16.4. The van der Waals surface area contributed by atoms with E-state index in [1.54, 1.807) is 30.3 Å². The molecule has 0 aliphatic carbocycles. The molecular weight excluding hydrogens is 268 g/mol. The standard InChI is InChI=1S/C16H18N2O3/c1-10(2)18-8-4-5-14(18)15(19)17-13-7-6-11(3)9-12(13)16(20)21/h4-10H,1-3H3,(H,17,19)(H,20,21). The van der Waals surface area contributed by atoms with Crippen molar-refractivity contribution in [2.24, 2.45) is 0 Å². The molecule has 1 aromatic carbocycles. The maximum atomic E-state index is 12.3. The maximum absolute atomic E-state index is 12.3. The summed E-state index contributed by atoms with van der Waals surface area (Å²) in [6.45, 7) is 5.76. The fraction of sp³-hybridized carbons (Fsp3) is 0.250. The molecule has 5 nitrogen and oxygen atoms in total. The van der Waals surface area contributed by atoms with Gasteiger partial charge in [0.15, 0.2) is 0 Å². The Hall–Kier alpha value is -2.56. The monoisotopic (exact) mass is 286 g/mol. The third-order valence-electron chi connectivity index (χ3n) is 3.22. The van der Waals surface area contributed by atoms with Gasteiger partial charge in [0.25, 0.3) is 5.91 Å². The third-order valence-corrected chi connectivity index (χ3v) is 3.22. The van der Waals surface area contributed by atoms with Gasteiger partial charge < -0.3 is 15.0 Å². The summed E-state index contributed by atoms with van der Waals surface area (Å²) in [5, 5.41) is 11.9. The number of hydrogen-bond acceptors (Lipinski definition) is 2. The summed E-state index contributed by atoms with van der Waals surface area (Å²) in [5.74, 6) is -1.38. The van der Waals surface area contributed by atoms with Crippen LogP contribution in [0, 0.1) is 6.92 Å². The summed E-state index contributed by atoms with van der Waals surface area (Å²) >= 11 is 0. The van der Waals surface area contributed by atoms with Gasteiger partial charge in [-0.05, 0) is 45.0 Å². The molecule has 0 spiro atoms. The number of carbonyl (C=O) groups is 2. The molecule has 1 aromatic heterocycles. The molecule has 0 saturated heterocycles. The molecule has 110 valence electrons. The van der Waals surface area contributed by atoms with Gasteiger partial charge in [-0.2, -0.15) is 0 Å². The number of rotatable bonds is 4. The van der Waals surface area contributed by atoms with E-state index in [2.05, 4.69) is 5.32 Å². The Bertz CT molecular complexity index is 687. The second kappa shape index (κ2) is 5.83. The molecule has 5 heteroatoms. The van der Waals surface area contributed by atoms with E-state index in [-0.39, 0.29) is 17.5 Å². The summed E-state index contributed by atoms with van der Waals surface area (Å²) in [4.78, 5) is 23.6. The van der Waals surface area contributed by atoms with Gasteiger partial charge in [-0.1, -0.05) is 11.6 Å². The first kappa shape index (κ1) is 14.8. The Kier molecular flexibility index (Phi) is 4.12. The lowest BCUT2D eigenvalue weighted by molar-refractivity contribution is 0.0698. The van der Waals surface area contributed by atoms with E-state index in [1.807, 2.05) is 31.5 Å². The van der Waals surface area contributed by atoms with Gasteiger partial charge in [-0.25, -0.2) is 4.79 Å². The van der Waals surface area contributed by atoms with Gasteiger partial charge in [-0.3, -0.25) is 4.79 Å². The SMILES string of the molecule is Cc1ccc(NC(=O)c2cccn2C(C)C)c(C(=O)O)c1. The Balaban J connectivity index is 2.32. The first-order valence-electron chi connectivity index (χ1n) is 6.72. The molecule has 2 aromatic rings. The zero-order chi connectivity index (χ0) is 15.6. The van der Waals surface area contributed by atoms with Gasteiger partial charge in [0.1, 0.15) is 5.69 Å². The van der Waals surface area contributed by atoms with Gasteiger partial charge in [0.2, 0.25) is 0 Å². The van der Waals surface area contributed by atoms with Crippen molar-refractivity contribution < 1.29 is 14.7 Å². The number of aryl methyl sites for hydroxylation is 1. The van der Waals surface area contributed by atoms with Crippen LogP contribution in [-0.2, 0) is 0 Å². The third kappa shape index (κ3) is 3.13. The summed E-state index contributed by atoms with van der Waals surface area (Å²) in [6.07, 6.45) is 1.83. The second-order valence-electron chi connectivity index (χ2n) is 5.20. The topological polar surface area (TPSA) is 71.3 Å². The molecule has 1 heterocycles. The predicted molar refractivity (Wildman–Crippen MR) is 80.9 cm³/mol. The molecule has 0 bridgehead atoms. The summed E-state index contributed by atoms with van der Waals surface area (Å²) in [7, 11) is 0. The molecule has 0 aliphatic heterocycles. The van der Waals surface area contributed by atoms with Crippen LogP contribution in [0.25, 0.3) is 0 Å². The number of aromatic carboxylic acids is 1. The highest BCUT2D eigenvalue weighted by molar-refractivity contribution is 6.07. The lowest BCUT2D eigenvalue weighted by Gasteiger charge is -2.14. The van der Waals surface area contributed by atoms with E-state index in [0.29, 0.717) is 11.4 Å². The second-order valence-corrected chi connectivity index (χ2v) is 5.20. The smallest absolute Gasteiger partial charge is 0.337 e. The van der Waals surface area contributed by atoms with Crippen LogP contribution in [0.5, 0.6) is 0 Å². The van der Waals surface area contributed by atoms with Gasteiger partial charge in [0.05, 0.1) is 11.3 Å². The van der Waals surface area contributed by atoms with E-state index in [0.717, 1.165) is 5.56 Å². The Morgan fingerprint density at radius 1 is 1.24 bits per heavy atom. The van der Waals surface area contributed by atoms with Crippen molar-refractivity contribution in [3.8, 4) is 0 Å². The van der Waals surface area contributed by atoms with Crippen molar-refractivity contribution in [3.05, 3.63) is 53.3 Å². The van der Waals surface area contributed by atoms with Crippen LogP contribution in [0.1, 0.15) is 46.3 Å². The number of aromatic nitrogens is 1. The Labute approximate surface area is 123 Å². The minimum Gasteiger partial charge on any atom is -0.478 e. The van der Waals surface area contributed by atoms with E-state index in [4.69, 9.17) is 0 Å². The Morgan fingerprint density at radius 2 is 1.95 bits per heavy atom. The number of carboxylic acid groups (broad SMARTS) is 1. The van der Waals surface area contributed by atoms with Crippen LogP contribution in [-0.4, -0.2) is 21.6 Å². The molecule has 1 amide bonds. The summed E-state index contributed by atoms with van der Waals surface area (Å²) < 4.78 is 1.84. The number of benzene rings is 1. The first-order valence-corrected chi connectivity index (χ1v) is 6.72. The number of nitrogens with zero attached hydrogens (tertiary/aromatic N) is 1. The van der Waals surface area contributed by atoms with E-state index in [9.17, 15) is 14.7 Å². The normalized spacial score (nSPS) is 10.7. The highest BCUT2D eigenvalue weighted by Crippen LogP contribution is 2.19. The predicted octanol–water partition coefficient (Wildman–Crippen LogP) is 3.33. The lowest BCUT2D eigenvalue weighted by atomic mass is 10.1. The molecule has 2 rings (SSSR count). The van der Waals surface area contributed by atoms with Crippen LogP contribution in [0.3, 0.4) is 0 Å². The van der Waals surface area contributed by atoms with Gasteiger partial charge in [0, 0.05) is 12.2 Å². The van der Waals surface area contributed by atoms with E-state index < -0.39 is 5.97 Å². The fourth-order valence-corrected chi connectivity index (χ4v) is 2.17. The number of hydrogen-bond donors (Lipinski definition) is 2. The van der Waals surface area contributed by atoms with Crippen molar-refractivity contribution in [1.82, 2.24) is 4.57 Å². The average Bonchev–Trinajstić information content (AvgIpc) is 2.90. The summed E-state index contributed by atoms with van der Waals surface area (Å²) in [5.41, 5.74) is 1.72. The van der Waals surface area contributed by atoms with Gasteiger partial charge in [-0.15, -0.1) is 0 Å². The van der Waals surface area contributed by atoms with E-state index in [1.165, 1.54) is 0 Å². The number of anilines is 1. The fourth-order valence-electron chi connectivity index (χ4n) is 2.17. The summed E-state index contributed by atoms with van der Waals surface area (Å²) in [6, 6.07) is 8.58. The van der Waals surface area contributed by atoms with Crippen molar-refractivity contribution in [2.45, 2.75) is 26.8 Å². The van der Waals surface area contributed by atoms with Crippen LogP contribution >= 0.6 is 0 Å². The van der Waals surface area contributed by atoms with Crippen molar-refractivity contribution in [2.75, 3.05) is 5.32 Å². The van der Waals surface area contributed by atoms with E-state index >= 15 is 0 Å². The number of amides is 1. The molecule has 0 radical (unpaired) electrons. The number of carbonyl (C=O) groups excluding carboxylic acids is 1. The van der Waals surface area contributed by atoms with Crippen molar-refractivity contribution in [3.63, 3.8) is 0 Å². The molecule has 0 saturated carbocycles. The lowest BCUT2D eigenvalue weighted by Crippen LogP contribution is -2.19.